The molecule has 4 nitrogen and oxygen atoms in total. The number of hydrogen-bond acceptors (Lipinski definition) is 5. The van der Waals surface area contributed by atoms with Gasteiger partial charge < -0.3 is 0 Å². The van der Waals surface area contributed by atoms with Crippen LogP contribution in [0.15, 0.2) is 206 Å². The first-order valence-corrected chi connectivity index (χ1v) is 21.5. The molecule has 0 amide bonds. The standard InChI is InChI=1S/C50H34N4SSi/c1-6-17-36(18-7-1)47-52-48(54-49(53-47)39-30-29-35-31-32-45-46(44(35)34-39)55-50(51-45)37-19-8-2-9-20-37)38-21-16-28-43(33-38)56(40-22-10-3-11-23-40,41-24-12-4-13-25-41)42-26-14-5-15-27-42/h1-34H. The van der Waals surface area contributed by atoms with E-state index in [1.54, 1.807) is 11.3 Å². The summed E-state index contributed by atoms with van der Waals surface area (Å²) in [5.74, 6) is 1.90. The van der Waals surface area contributed by atoms with Crippen molar-refractivity contribution in [3.05, 3.63) is 206 Å². The van der Waals surface area contributed by atoms with Crippen LogP contribution in [0.2, 0.25) is 0 Å². The first-order valence-electron chi connectivity index (χ1n) is 18.7. The van der Waals surface area contributed by atoms with E-state index in [2.05, 4.69) is 182 Å². The van der Waals surface area contributed by atoms with Gasteiger partial charge in [-0.2, -0.15) is 0 Å². The topological polar surface area (TPSA) is 51.6 Å². The number of benzene rings is 8. The summed E-state index contributed by atoms with van der Waals surface area (Å²) in [6, 6.07) is 73.2. The van der Waals surface area contributed by atoms with Crippen molar-refractivity contribution >= 4 is 61.1 Å². The summed E-state index contributed by atoms with van der Waals surface area (Å²) in [6.45, 7) is 0. The zero-order valence-corrected chi connectivity index (χ0v) is 32.1. The van der Waals surface area contributed by atoms with Crippen molar-refractivity contribution in [2.24, 2.45) is 0 Å². The van der Waals surface area contributed by atoms with E-state index in [0.717, 1.165) is 48.3 Å². The Hall–Kier alpha value is -6.86. The molecule has 56 heavy (non-hydrogen) atoms. The summed E-state index contributed by atoms with van der Waals surface area (Å²) in [5.41, 5.74) is 4.92. The maximum atomic E-state index is 5.26. The minimum Gasteiger partial charge on any atom is -0.236 e. The molecule has 10 aromatic rings. The van der Waals surface area contributed by atoms with E-state index in [4.69, 9.17) is 19.9 Å². The van der Waals surface area contributed by atoms with E-state index in [1.807, 2.05) is 24.3 Å². The van der Waals surface area contributed by atoms with E-state index in [9.17, 15) is 0 Å². The maximum absolute atomic E-state index is 5.26. The Labute approximate surface area is 330 Å². The second kappa shape index (κ2) is 14.4. The van der Waals surface area contributed by atoms with Gasteiger partial charge in [-0.25, -0.2) is 19.9 Å². The van der Waals surface area contributed by atoms with E-state index < -0.39 is 8.07 Å². The van der Waals surface area contributed by atoms with Gasteiger partial charge in [0, 0.05) is 27.6 Å². The molecular formula is C50H34N4SSi. The predicted molar refractivity (Wildman–Crippen MR) is 236 cm³/mol. The molecule has 0 bridgehead atoms. The number of rotatable bonds is 8. The summed E-state index contributed by atoms with van der Waals surface area (Å²) in [7, 11) is -2.77. The van der Waals surface area contributed by atoms with Gasteiger partial charge in [-0.1, -0.05) is 194 Å². The number of thiazole rings is 1. The summed E-state index contributed by atoms with van der Waals surface area (Å²) >= 11 is 1.72. The quantitative estimate of drug-likeness (QED) is 0.115. The summed E-state index contributed by atoms with van der Waals surface area (Å²) < 4.78 is 1.15. The first-order chi connectivity index (χ1) is 27.7. The Bertz CT molecular complexity index is 2860. The average molecular weight is 751 g/mol. The third-order valence-electron chi connectivity index (χ3n) is 10.5. The summed E-state index contributed by atoms with van der Waals surface area (Å²) in [4.78, 5) is 20.6. The molecule has 0 aliphatic heterocycles. The van der Waals surface area contributed by atoms with Crippen LogP contribution in [0.4, 0.5) is 0 Å². The Morgan fingerprint density at radius 1 is 0.339 bits per heavy atom. The maximum Gasteiger partial charge on any atom is 0.179 e. The molecule has 0 atom stereocenters. The predicted octanol–water partition coefficient (Wildman–Crippen LogP) is 9.68. The molecule has 0 spiro atoms. The Morgan fingerprint density at radius 2 is 0.786 bits per heavy atom. The molecule has 0 aliphatic carbocycles. The SMILES string of the molecule is c1ccc(-c2nc(-c3cccc([Si](c4ccccc4)(c4ccccc4)c4ccccc4)c3)nc(-c3ccc4ccc5nc(-c6ccccc6)sc5c4c3)n2)cc1. The average Bonchev–Trinajstić information content (AvgIpc) is 3.74. The normalized spacial score (nSPS) is 11.6. The Morgan fingerprint density at radius 3 is 1.36 bits per heavy atom. The van der Waals surface area contributed by atoms with E-state index in [1.165, 1.54) is 20.7 Å². The van der Waals surface area contributed by atoms with Crippen molar-refractivity contribution in [3.63, 3.8) is 0 Å². The van der Waals surface area contributed by atoms with Crippen LogP contribution < -0.4 is 20.7 Å². The van der Waals surface area contributed by atoms with Gasteiger partial charge in [0.1, 0.15) is 5.01 Å². The zero-order valence-electron chi connectivity index (χ0n) is 30.3. The highest BCUT2D eigenvalue weighted by atomic mass is 32.1. The number of nitrogens with zero attached hydrogens (tertiary/aromatic N) is 4. The van der Waals surface area contributed by atoms with E-state index in [0.29, 0.717) is 17.5 Å². The third kappa shape index (κ3) is 6.02. The van der Waals surface area contributed by atoms with Crippen LogP contribution in [-0.4, -0.2) is 28.0 Å². The molecule has 0 N–H and O–H groups in total. The van der Waals surface area contributed by atoms with Crippen molar-refractivity contribution in [3.8, 4) is 44.7 Å². The lowest BCUT2D eigenvalue weighted by Gasteiger charge is -2.34. The van der Waals surface area contributed by atoms with Gasteiger partial charge in [-0.05, 0) is 38.3 Å². The minimum atomic E-state index is -2.77. The fourth-order valence-corrected chi connectivity index (χ4v) is 13.7. The molecule has 0 radical (unpaired) electrons. The Balaban J connectivity index is 1.17. The first kappa shape index (κ1) is 33.7. The van der Waals surface area contributed by atoms with Crippen LogP contribution in [-0.2, 0) is 0 Å². The fourth-order valence-electron chi connectivity index (χ4n) is 7.85. The second-order valence-electron chi connectivity index (χ2n) is 13.8. The van der Waals surface area contributed by atoms with Gasteiger partial charge in [0.05, 0.1) is 10.2 Å². The van der Waals surface area contributed by atoms with Gasteiger partial charge >= 0.3 is 0 Å². The number of fused-ring (bicyclic) bond motifs is 3. The highest BCUT2D eigenvalue weighted by Gasteiger charge is 2.41. The van der Waals surface area contributed by atoms with Gasteiger partial charge in [0.2, 0.25) is 0 Å². The number of aromatic nitrogens is 4. The molecule has 8 aromatic carbocycles. The molecule has 10 rings (SSSR count). The molecule has 0 unspecified atom stereocenters. The van der Waals surface area contributed by atoms with Crippen LogP contribution in [0.1, 0.15) is 0 Å². The number of hydrogen-bond donors (Lipinski definition) is 0. The van der Waals surface area contributed by atoms with Gasteiger partial charge in [-0.15, -0.1) is 11.3 Å². The van der Waals surface area contributed by atoms with Gasteiger partial charge in [-0.3, -0.25) is 0 Å². The van der Waals surface area contributed by atoms with Crippen LogP contribution in [0, 0.1) is 0 Å². The monoisotopic (exact) mass is 750 g/mol. The molecule has 0 saturated carbocycles. The van der Waals surface area contributed by atoms with Crippen molar-refractivity contribution < 1.29 is 0 Å². The molecule has 6 heteroatoms. The van der Waals surface area contributed by atoms with E-state index in [-0.39, 0.29) is 0 Å². The molecule has 264 valence electrons. The van der Waals surface area contributed by atoms with Crippen molar-refractivity contribution in [1.29, 1.82) is 0 Å². The molecular weight excluding hydrogens is 717 g/mol. The fraction of sp³-hybridized carbons (Fsp3) is 0. The molecule has 0 aliphatic rings. The minimum absolute atomic E-state index is 0.628. The van der Waals surface area contributed by atoms with E-state index >= 15 is 0 Å². The highest BCUT2D eigenvalue weighted by Crippen LogP contribution is 2.37. The van der Waals surface area contributed by atoms with Crippen LogP contribution in [0.25, 0.3) is 65.7 Å². The summed E-state index contributed by atoms with van der Waals surface area (Å²) in [6.07, 6.45) is 0. The van der Waals surface area contributed by atoms with Crippen molar-refractivity contribution in [2.45, 2.75) is 0 Å². The lowest BCUT2D eigenvalue weighted by atomic mass is 10.1. The third-order valence-corrected chi connectivity index (χ3v) is 16.4. The summed E-state index contributed by atoms with van der Waals surface area (Å²) in [5, 5.41) is 8.50. The second-order valence-corrected chi connectivity index (χ2v) is 18.6. The lowest BCUT2D eigenvalue weighted by molar-refractivity contribution is 1.07. The van der Waals surface area contributed by atoms with Crippen LogP contribution >= 0.6 is 11.3 Å². The van der Waals surface area contributed by atoms with Crippen molar-refractivity contribution in [2.75, 3.05) is 0 Å². The van der Waals surface area contributed by atoms with Gasteiger partial charge in [0.25, 0.3) is 0 Å². The van der Waals surface area contributed by atoms with Gasteiger partial charge in [0.15, 0.2) is 25.5 Å². The lowest BCUT2D eigenvalue weighted by Crippen LogP contribution is -2.74. The smallest absolute Gasteiger partial charge is 0.179 e. The largest absolute Gasteiger partial charge is 0.236 e. The van der Waals surface area contributed by atoms with Crippen LogP contribution in [0.5, 0.6) is 0 Å². The molecule has 2 aromatic heterocycles. The highest BCUT2D eigenvalue weighted by molar-refractivity contribution is 7.22. The molecule has 2 heterocycles. The van der Waals surface area contributed by atoms with Crippen LogP contribution in [0.3, 0.4) is 0 Å². The zero-order chi connectivity index (χ0) is 37.3. The Kier molecular flexibility index (Phi) is 8.67. The van der Waals surface area contributed by atoms with Crippen molar-refractivity contribution in [1.82, 2.24) is 19.9 Å². The molecule has 0 fully saturated rings. The molecule has 0 saturated heterocycles.